The number of halogens is 1. The van der Waals surface area contributed by atoms with Crippen LogP contribution in [0.2, 0.25) is 0 Å². The van der Waals surface area contributed by atoms with Gasteiger partial charge in [-0.25, -0.2) is 23.9 Å². The summed E-state index contributed by atoms with van der Waals surface area (Å²) < 4.78 is 32.2. The fourth-order valence-electron chi connectivity index (χ4n) is 11.6. The van der Waals surface area contributed by atoms with Crippen LogP contribution in [-0.4, -0.2) is 99.4 Å². The van der Waals surface area contributed by atoms with Crippen LogP contribution >= 0.6 is 0 Å². The summed E-state index contributed by atoms with van der Waals surface area (Å²) in [6.45, 7) is 11.7. The van der Waals surface area contributed by atoms with Crippen molar-refractivity contribution in [2.45, 2.75) is 147 Å². The van der Waals surface area contributed by atoms with E-state index in [0.717, 1.165) is 115 Å². The molecule has 4 aliphatic rings. The molecule has 15 nitrogen and oxygen atoms in total. The monoisotopic (exact) mass is 934 g/mol. The third kappa shape index (κ3) is 9.44. The SMILES string of the molecule is COC(=O)NC(C(=O)N1CCC[C@H]1c1nc2ccc([C@H]3CC[C@H](c4ccc5nc([C@@H]6CCCN6C(C)[C@@H](NC(=O)OC)C(C)C)[nH]c5c4)N3c3ccc(OC4CCCC4)c(F)c3)cc2[nH]1)C(C)C. The number of aromatic amines is 2. The highest BCUT2D eigenvalue weighted by molar-refractivity contribution is 5.86. The number of hydrogen-bond acceptors (Lipinski definition) is 10. The van der Waals surface area contributed by atoms with E-state index in [1.165, 1.54) is 14.2 Å². The number of rotatable bonds is 14. The molecule has 0 bridgehead atoms. The number of carbonyl (C=O) groups is 3. The van der Waals surface area contributed by atoms with Gasteiger partial charge in [0.15, 0.2) is 11.6 Å². The Morgan fingerprint density at radius 2 is 1.26 bits per heavy atom. The zero-order chi connectivity index (χ0) is 47.8. The Bertz CT molecular complexity index is 2610. The number of anilines is 1. The van der Waals surface area contributed by atoms with Gasteiger partial charge in [-0.3, -0.25) is 9.69 Å². The van der Waals surface area contributed by atoms with Crippen molar-refractivity contribution in [3.63, 3.8) is 0 Å². The standard InChI is InChI=1S/C52H68FN9O6/c1-29(2)46(58-51(64)66-6)31(5)60-24-10-14-43(60)48-54-37-19-16-32(26-39(37)56-48)41-21-22-42(62(41)34-18-23-45(36(53)28-34)68-35-12-8-9-13-35)33-17-20-38-40(27-33)57-49(55-38)44-15-11-25-61(44)50(63)47(30(3)4)59-52(65)67-7/h16-20,23,26-31,35,41-44,46-47H,8-15,21-22,24-25H2,1-7H3,(H,54,56)(H,55,57)(H,58,64)(H,59,65)/t31?,41-,42-,43+,44+,46+,47?/m1/s1. The molecule has 16 heteroatoms. The van der Waals surface area contributed by atoms with Crippen molar-refractivity contribution in [2.24, 2.45) is 11.8 Å². The third-order valence-electron chi connectivity index (χ3n) is 15.1. The Hall–Kier alpha value is -5.90. The molecule has 5 heterocycles. The van der Waals surface area contributed by atoms with Crippen LogP contribution in [0.1, 0.15) is 146 Å². The fourth-order valence-corrected chi connectivity index (χ4v) is 11.6. The summed E-state index contributed by atoms with van der Waals surface area (Å²) in [6.07, 6.45) is 8.26. The van der Waals surface area contributed by atoms with Crippen molar-refractivity contribution in [1.29, 1.82) is 0 Å². The highest BCUT2D eigenvalue weighted by Gasteiger charge is 2.40. The summed E-state index contributed by atoms with van der Waals surface area (Å²) >= 11 is 0. The predicted octanol–water partition coefficient (Wildman–Crippen LogP) is 9.93. The zero-order valence-electron chi connectivity index (χ0n) is 40.5. The van der Waals surface area contributed by atoms with Gasteiger partial charge in [0.25, 0.3) is 0 Å². The summed E-state index contributed by atoms with van der Waals surface area (Å²) in [5.74, 6) is 1.46. The second kappa shape index (κ2) is 20.0. The number of ether oxygens (including phenoxy) is 3. The van der Waals surface area contributed by atoms with Crippen LogP contribution in [0.25, 0.3) is 22.1 Å². The second-order valence-corrected chi connectivity index (χ2v) is 20.0. The Morgan fingerprint density at radius 3 is 1.85 bits per heavy atom. The third-order valence-corrected chi connectivity index (χ3v) is 15.1. The minimum absolute atomic E-state index is 0.0370. The van der Waals surface area contributed by atoms with Crippen LogP contribution in [0.4, 0.5) is 19.7 Å². The number of H-pyrrole nitrogens is 2. The minimum Gasteiger partial charge on any atom is -0.487 e. The molecule has 3 saturated heterocycles. The topological polar surface area (TPSA) is 170 Å². The number of benzene rings is 3. The van der Waals surface area contributed by atoms with Crippen LogP contribution in [0.15, 0.2) is 54.6 Å². The maximum Gasteiger partial charge on any atom is 0.407 e. The predicted molar refractivity (Wildman–Crippen MR) is 259 cm³/mol. The number of nitrogens with zero attached hydrogens (tertiary/aromatic N) is 5. The quantitative estimate of drug-likeness (QED) is 0.0841. The maximum atomic E-state index is 16.2. The van der Waals surface area contributed by atoms with E-state index in [1.807, 2.05) is 30.9 Å². The van der Waals surface area contributed by atoms with Crippen molar-refractivity contribution in [3.05, 3.63) is 83.2 Å². The second-order valence-electron chi connectivity index (χ2n) is 20.0. The molecule has 2 aromatic heterocycles. The molecule has 4 fully saturated rings. The molecule has 2 unspecified atom stereocenters. The summed E-state index contributed by atoms with van der Waals surface area (Å²) in [5, 5.41) is 5.81. The number of aromatic nitrogens is 4. The molecule has 9 rings (SSSR count). The van der Waals surface area contributed by atoms with Crippen molar-refractivity contribution in [3.8, 4) is 5.75 Å². The van der Waals surface area contributed by atoms with Gasteiger partial charge < -0.3 is 44.6 Å². The van der Waals surface area contributed by atoms with Crippen LogP contribution in [0, 0.1) is 17.7 Å². The first-order valence-corrected chi connectivity index (χ1v) is 24.8. The Morgan fingerprint density at radius 1 is 0.676 bits per heavy atom. The molecule has 1 aliphatic carbocycles. The van der Waals surface area contributed by atoms with Gasteiger partial charge in [-0.05, 0) is 137 Å². The van der Waals surface area contributed by atoms with E-state index in [4.69, 9.17) is 24.2 Å². The molecular weight excluding hydrogens is 866 g/mol. The van der Waals surface area contributed by atoms with E-state index in [2.05, 4.69) is 81.5 Å². The molecule has 3 amide bonds. The van der Waals surface area contributed by atoms with Crippen molar-refractivity contribution in [1.82, 2.24) is 40.4 Å². The van der Waals surface area contributed by atoms with Gasteiger partial charge in [-0.2, -0.15) is 0 Å². The molecule has 364 valence electrons. The number of imidazole rings is 2. The van der Waals surface area contributed by atoms with Gasteiger partial charge in [-0.1, -0.05) is 39.8 Å². The molecule has 0 radical (unpaired) electrons. The Kier molecular flexibility index (Phi) is 13.9. The van der Waals surface area contributed by atoms with Gasteiger partial charge in [0.1, 0.15) is 17.7 Å². The van der Waals surface area contributed by atoms with Crippen molar-refractivity contribution < 1.29 is 33.0 Å². The normalized spacial score (nSPS) is 22.7. The molecule has 3 aromatic carbocycles. The molecule has 1 saturated carbocycles. The highest BCUT2D eigenvalue weighted by atomic mass is 19.1. The number of methoxy groups -OCH3 is 2. The van der Waals surface area contributed by atoms with Gasteiger partial charge in [0.05, 0.1) is 66.6 Å². The average Bonchev–Trinajstić information content (AvgIpc) is 4.20. The molecule has 0 spiro atoms. The van der Waals surface area contributed by atoms with Crippen molar-refractivity contribution >= 4 is 45.8 Å². The summed E-state index contributed by atoms with van der Waals surface area (Å²) in [7, 11) is 2.69. The number of fused-ring (bicyclic) bond motifs is 2. The van der Waals surface area contributed by atoms with Gasteiger partial charge in [0, 0.05) is 30.4 Å². The summed E-state index contributed by atoms with van der Waals surface area (Å²) in [4.78, 5) is 62.5. The van der Waals surface area contributed by atoms with E-state index in [0.29, 0.717) is 18.1 Å². The maximum absolute atomic E-state index is 16.2. The van der Waals surface area contributed by atoms with E-state index in [9.17, 15) is 14.4 Å². The largest absolute Gasteiger partial charge is 0.487 e. The number of likely N-dealkylation sites (tertiary alicyclic amines) is 2. The lowest BCUT2D eigenvalue weighted by molar-refractivity contribution is -0.135. The molecular formula is C52H68FN9O6. The first-order valence-electron chi connectivity index (χ1n) is 24.8. The molecule has 5 aromatic rings. The van der Waals surface area contributed by atoms with Crippen LogP contribution in [0.5, 0.6) is 5.75 Å². The minimum atomic E-state index is -0.725. The van der Waals surface area contributed by atoms with Crippen LogP contribution in [-0.2, 0) is 14.3 Å². The van der Waals surface area contributed by atoms with Gasteiger partial charge in [0.2, 0.25) is 5.91 Å². The zero-order valence-corrected chi connectivity index (χ0v) is 40.5. The number of amides is 3. The van der Waals surface area contributed by atoms with E-state index in [1.54, 1.807) is 12.1 Å². The number of hydrogen-bond donors (Lipinski definition) is 4. The molecule has 7 atom stereocenters. The fraction of sp³-hybridized carbons (Fsp3) is 0.558. The van der Waals surface area contributed by atoms with E-state index >= 15 is 4.39 Å². The average molecular weight is 934 g/mol. The lowest BCUT2D eigenvalue weighted by atomic mass is 9.96. The first-order chi connectivity index (χ1) is 32.8. The number of carbonyl (C=O) groups excluding carboxylic acids is 3. The highest BCUT2D eigenvalue weighted by Crippen LogP contribution is 2.49. The number of nitrogens with one attached hydrogen (secondary N) is 4. The van der Waals surface area contributed by atoms with Gasteiger partial charge >= 0.3 is 12.2 Å². The van der Waals surface area contributed by atoms with Crippen LogP contribution < -0.4 is 20.3 Å². The first kappa shape index (κ1) is 47.2. The van der Waals surface area contributed by atoms with E-state index < -0.39 is 18.2 Å². The summed E-state index contributed by atoms with van der Waals surface area (Å²) in [5.41, 5.74) is 6.46. The van der Waals surface area contributed by atoms with Gasteiger partial charge in [-0.15, -0.1) is 0 Å². The lowest BCUT2D eigenvalue weighted by Gasteiger charge is -2.37. The smallest absolute Gasteiger partial charge is 0.407 e. The number of alkyl carbamates (subject to hydrolysis) is 2. The molecule has 4 N–H and O–H groups in total. The Balaban J connectivity index is 1.01. The molecule has 3 aliphatic heterocycles. The lowest BCUT2D eigenvalue weighted by Crippen LogP contribution is -2.52. The molecule has 68 heavy (non-hydrogen) atoms. The van der Waals surface area contributed by atoms with Crippen molar-refractivity contribution in [2.75, 3.05) is 32.2 Å². The Labute approximate surface area is 398 Å². The van der Waals surface area contributed by atoms with E-state index in [-0.39, 0.29) is 65.9 Å². The van der Waals surface area contributed by atoms with Crippen LogP contribution in [0.3, 0.4) is 0 Å². The summed E-state index contributed by atoms with van der Waals surface area (Å²) in [6, 6.07) is 17.1.